The fourth-order valence-electron chi connectivity index (χ4n) is 6.65. The van der Waals surface area contributed by atoms with Crippen LogP contribution in [0.3, 0.4) is 0 Å². The molecule has 0 amide bonds. The van der Waals surface area contributed by atoms with Crippen LogP contribution in [0.25, 0.3) is 77.0 Å². The molecule has 5 aromatic carbocycles. The van der Waals surface area contributed by atoms with Crippen molar-refractivity contribution < 1.29 is 0 Å². The highest BCUT2D eigenvalue weighted by atomic mass is 15.1. The van der Waals surface area contributed by atoms with E-state index < -0.39 is 0 Å². The molecule has 0 saturated carbocycles. The summed E-state index contributed by atoms with van der Waals surface area (Å²) in [6, 6.07) is 45.4. The molecule has 0 bridgehead atoms. The smallest absolute Gasteiger partial charge is 0.138 e. The van der Waals surface area contributed by atoms with Gasteiger partial charge in [0.2, 0.25) is 0 Å². The lowest BCUT2D eigenvalue weighted by Gasteiger charge is -2.13. The van der Waals surface area contributed by atoms with Crippen molar-refractivity contribution in [2.24, 2.45) is 0 Å². The third-order valence-electron chi connectivity index (χ3n) is 8.43. The fraction of sp³-hybridized carbons (Fsp3) is 0. The van der Waals surface area contributed by atoms with Crippen LogP contribution in [0.15, 0.2) is 146 Å². The van der Waals surface area contributed by atoms with Gasteiger partial charge < -0.3 is 4.57 Å². The maximum absolute atomic E-state index is 4.95. The number of hydrogen-bond acceptors (Lipinski definition) is 2. The Bertz CT molecular complexity index is 2450. The van der Waals surface area contributed by atoms with E-state index in [2.05, 4.69) is 135 Å². The summed E-state index contributed by atoms with van der Waals surface area (Å²) in [6.07, 6.45) is 5.62. The Kier molecular flexibility index (Phi) is 4.87. The zero-order chi connectivity index (χ0) is 27.6. The third kappa shape index (κ3) is 3.23. The second-order valence-electron chi connectivity index (χ2n) is 10.7. The lowest BCUT2D eigenvalue weighted by atomic mass is 10.0. The molecule has 0 aliphatic heterocycles. The lowest BCUT2D eigenvalue weighted by Crippen LogP contribution is -1.99. The van der Waals surface area contributed by atoms with Gasteiger partial charge in [0.25, 0.3) is 0 Å². The van der Waals surface area contributed by atoms with Gasteiger partial charge in [-0.15, -0.1) is 0 Å². The summed E-state index contributed by atoms with van der Waals surface area (Å²) in [5.41, 5.74) is 8.00. The zero-order valence-electron chi connectivity index (χ0n) is 22.6. The average molecular weight is 537 g/mol. The monoisotopic (exact) mass is 536 g/mol. The molecule has 0 aliphatic carbocycles. The van der Waals surface area contributed by atoms with Crippen molar-refractivity contribution in [3.8, 4) is 22.6 Å². The molecule has 0 fully saturated rings. The van der Waals surface area contributed by atoms with Crippen LogP contribution < -0.4 is 0 Å². The van der Waals surface area contributed by atoms with E-state index in [1.165, 1.54) is 43.4 Å². The second kappa shape index (κ2) is 8.88. The van der Waals surface area contributed by atoms with E-state index in [0.717, 1.165) is 33.7 Å². The van der Waals surface area contributed by atoms with Gasteiger partial charge in [-0.3, -0.25) is 9.55 Å². The molecule has 0 radical (unpaired) electrons. The first-order valence-electron chi connectivity index (χ1n) is 14.2. The zero-order valence-corrected chi connectivity index (χ0v) is 22.6. The Labute approximate surface area is 241 Å². The van der Waals surface area contributed by atoms with Crippen molar-refractivity contribution in [1.29, 1.82) is 0 Å². The van der Waals surface area contributed by atoms with Crippen molar-refractivity contribution in [2.75, 3.05) is 0 Å². The maximum Gasteiger partial charge on any atom is 0.138 e. The Hall–Kier alpha value is -5.74. The number of pyridine rings is 2. The minimum Gasteiger partial charge on any atom is -0.309 e. The van der Waals surface area contributed by atoms with Gasteiger partial charge in [0.15, 0.2) is 0 Å². The van der Waals surface area contributed by atoms with E-state index in [-0.39, 0.29) is 0 Å². The molecule has 4 heterocycles. The summed E-state index contributed by atoms with van der Waals surface area (Å²) in [6.45, 7) is 0. The van der Waals surface area contributed by atoms with Crippen molar-refractivity contribution in [1.82, 2.24) is 19.1 Å². The van der Waals surface area contributed by atoms with Gasteiger partial charge in [-0.1, -0.05) is 84.9 Å². The first-order valence-corrected chi connectivity index (χ1v) is 14.2. The molecular weight excluding hydrogens is 512 g/mol. The lowest BCUT2D eigenvalue weighted by molar-refractivity contribution is 1.08. The molecule has 0 N–H and O–H groups in total. The van der Waals surface area contributed by atoms with Gasteiger partial charge in [0.1, 0.15) is 5.82 Å². The summed E-state index contributed by atoms with van der Waals surface area (Å²) in [5, 5.41) is 7.32. The van der Waals surface area contributed by atoms with Crippen LogP contribution >= 0.6 is 0 Å². The van der Waals surface area contributed by atoms with E-state index in [0.29, 0.717) is 0 Å². The molecule has 0 aliphatic rings. The molecule has 0 spiro atoms. The van der Waals surface area contributed by atoms with Crippen molar-refractivity contribution in [2.45, 2.75) is 0 Å². The van der Waals surface area contributed by atoms with Crippen LogP contribution in [-0.4, -0.2) is 19.1 Å². The van der Waals surface area contributed by atoms with Crippen LogP contribution in [0.4, 0.5) is 0 Å². The van der Waals surface area contributed by atoms with Crippen LogP contribution in [0, 0.1) is 0 Å². The topological polar surface area (TPSA) is 35.6 Å². The average Bonchev–Trinajstić information content (AvgIpc) is 3.59. The Morgan fingerprint density at radius 3 is 1.86 bits per heavy atom. The first-order chi connectivity index (χ1) is 20.9. The molecule has 0 unspecified atom stereocenters. The predicted molar refractivity (Wildman–Crippen MR) is 174 cm³/mol. The van der Waals surface area contributed by atoms with Crippen LogP contribution in [0.1, 0.15) is 0 Å². The highest BCUT2D eigenvalue weighted by molar-refractivity contribution is 6.28. The van der Waals surface area contributed by atoms with Crippen molar-refractivity contribution in [3.63, 3.8) is 0 Å². The summed E-state index contributed by atoms with van der Waals surface area (Å²) < 4.78 is 4.77. The highest BCUT2D eigenvalue weighted by Crippen LogP contribution is 2.43. The maximum atomic E-state index is 4.95. The largest absolute Gasteiger partial charge is 0.309 e. The molecule has 0 atom stereocenters. The number of hydrogen-bond donors (Lipinski definition) is 0. The molecule has 9 rings (SSSR count). The Balaban J connectivity index is 1.51. The minimum absolute atomic E-state index is 0.884. The van der Waals surface area contributed by atoms with Crippen molar-refractivity contribution >= 4 is 54.4 Å². The van der Waals surface area contributed by atoms with Gasteiger partial charge in [-0.05, 0) is 53.4 Å². The number of nitrogens with zero attached hydrogens (tertiary/aromatic N) is 4. The Morgan fingerprint density at radius 1 is 0.476 bits per heavy atom. The van der Waals surface area contributed by atoms with Crippen LogP contribution in [0.5, 0.6) is 0 Å². The van der Waals surface area contributed by atoms with E-state index in [1.54, 1.807) is 0 Å². The van der Waals surface area contributed by atoms with E-state index in [4.69, 9.17) is 4.98 Å². The quantitative estimate of drug-likeness (QED) is 0.225. The fourth-order valence-corrected chi connectivity index (χ4v) is 6.65. The minimum atomic E-state index is 0.884. The third-order valence-corrected chi connectivity index (χ3v) is 8.43. The van der Waals surface area contributed by atoms with Gasteiger partial charge in [-0.2, -0.15) is 0 Å². The highest BCUT2D eigenvalue weighted by Gasteiger charge is 2.21. The predicted octanol–water partition coefficient (Wildman–Crippen LogP) is 9.49. The van der Waals surface area contributed by atoms with Crippen LogP contribution in [0.2, 0.25) is 0 Å². The molecule has 42 heavy (non-hydrogen) atoms. The molecule has 4 nitrogen and oxygen atoms in total. The summed E-state index contributed by atoms with van der Waals surface area (Å²) >= 11 is 0. The van der Waals surface area contributed by atoms with E-state index in [1.807, 2.05) is 24.7 Å². The Morgan fingerprint density at radius 2 is 1.14 bits per heavy atom. The molecule has 9 aromatic rings. The molecule has 4 aromatic heterocycles. The first kappa shape index (κ1) is 23.0. The molecular formula is C38H24N4. The number of rotatable bonds is 3. The second-order valence-corrected chi connectivity index (χ2v) is 10.7. The number of para-hydroxylation sites is 3. The summed E-state index contributed by atoms with van der Waals surface area (Å²) in [5.74, 6) is 0.884. The summed E-state index contributed by atoms with van der Waals surface area (Å²) in [7, 11) is 0. The molecule has 196 valence electrons. The normalized spacial score (nSPS) is 11.8. The SMILES string of the molecule is c1ccc(-n2c3ccccc3c3ccc4ccc5c6ccccc6n(-c6cc(-c7cccnc7)ccn6)c5c4c32)cc1. The number of benzene rings is 5. The standard InChI is InChI=1S/C38H24N4/c1-2-10-28(11-3-1)41-33-14-6-4-12-29(33)31-18-16-25-17-19-32-30-13-5-7-15-34(30)42(38(32)36(25)37(31)41)35-23-26(20-22-40-35)27-9-8-21-39-24-27/h1-24H. The van der Waals surface area contributed by atoms with Gasteiger partial charge in [0.05, 0.1) is 22.1 Å². The molecule has 0 saturated heterocycles. The van der Waals surface area contributed by atoms with Crippen molar-refractivity contribution in [3.05, 3.63) is 146 Å². The number of aromatic nitrogens is 4. The van der Waals surface area contributed by atoms with E-state index in [9.17, 15) is 0 Å². The number of fused-ring (bicyclic) bond motifs is 9. The van der Waals surface area contributed by atoms with Gasteiger partial charge in [0, 0.05) is 56.8 Å². The van der Waals surface area contributed by atoms with Gasteiger partial charge >= 0.3 is 0 Å². The van der Waals surface area contributed by atoms with Crippen LogP contribution in [-0.2, 0) is 0 Å². The van der Waals surface area contributed by atoms with E-state index >= 15 is 0 Å². The van der Waals surface area contributed by atoms with Gasteiger partial charge in [-0.25, -0.2) is 4.98 Å². The molecule has 4 heteroatoms. The summed E-state index contributed by atoms with van der Waals surface area (Å²) in [4.78, 5) is 9.31.